The van der Waals surface area contributed by atoms with E-state index in [1.807, 2.05) is 0 Å². The van der Waals surface area contributed by atoms with Crippen LogP contribution >= 0.6 is 0 Å². The molecule has 134 valence electrons. The van der Waals surface area contributed by atoms with Crippen LogP contribution in [0.2, 0.25) is 0 Å². The molecule has 2 heterocycles. The van der Waals surface area contributed by atoms with Crippen molar-refractivity contribution in [1.29, 1.82) is 0 Å². The van der Waals surface area contributed by atoms with Gasteiger partial charge in [-0.2, -0.15) is 0 Å². The lowest BCUT2D eigenvalue weighted by Gasteiger charge is -2.17. The van der Waals surface area contributed by atoms with Crippen LogP contribution in [0.25, 0.3) is 10.9 Å². The molecule has 1 N–H and O–H groups in total. The lowest BCUT2D eigenvalue weighted by Crippen LogP contribution is -2.31. The first-order valence-corrected chi connectivity index (χ1v) is 8.40. The number of carbonyl (C=O) groups is 2. The summed E-state index contributed by atoms with van der Waals surface area (Å²) in [6.45, 7) is 1.56. The van der Waals surface area contributed by atoms with Crippen molar-refractivity contribution in [1.82, 2.24) is 9.88 Å². The summed E-state index contributed by atoms with van der Waals surface area (Å²) < 4.78 is 20.5. The lowest BCUT2D eigenvalue weighted by atomic mass is 10.2. The highest BCUT2D eigenvalue weighted by atomic mass is 19.1. The summed E-state index contributed by atoms with van der Waals surface area (Å²) >= 11 is 0. The van der Waals surface area contributed by atoms with Gasteiger partial charge < -0.3 is 19.5 Å². The van der Waals surface area contributed by atoms with Gasteiger partial charge in [-0.15, -0.1) is 0 Å². The number of amides is 2. The number of rotatable bonds is 6. The van der Waals surface area contributed by atoms with Gasteiger partial charge in [-0.3, -0.25) is 9.59 Å². The third-order valence-corrected chi connectivity index (χ3v) is 4.50. The van der Waals surface area contributed by atoms with Crippen molar-refractivity contribution in [3.63, 3.8) is 0 Å². The van der Waals surface area contributed by atoms with Gasteiger partial charge in [-0.05, 0) is 31.0 Å². The number of halogens is 1. The minimum atomic E-state index is -0.391. The molecule has 2 aromatic rings. The van der Waals surface area contributed by atoms with Crippen LogP contribution in [0, 0.1) is 5.82 Å². The van der Waals surface area contributed by atoms with Crippen molar-refractivity contribution in [3.05, 3.63) is 29.7 Å². The second-order valence-electron chi connectivity index (χ2n) is 6.17. The van der Waals surface area contributed by atoms with Crippen LogP contribution in [-0.2, 0) is 16.6 Å². The standard InChI is InChI=1S/C18H22FN3O3/c1-21-14-7-6-12(19)11-13(14)16(22-9-3-5-15(22)23)17(21)18(24)20-8-4-10-25-2/h6-7,11H,3-5,8-10H2,1-2H3,(H,20,24). The molecule has 3 rings (SSSR count). The number of methoxy groups -OCH3 is 1. The SMILES string of the molecule is COCCCNC(=O)c1c(N2CCCC2=O)c2cc(F)ccc2n1C. The van der Waals surface area contributed by atoms with Crippen molar-refractivity contribution >= 4 is 28.4 Å². The molecule has 0 bridgehead atoms. The molecule has 0 spiro atoms. The third kappa shape index (κ3) is 3.24. The molecular formula is C18H22FN3O3. The maximum Gasteiger partial charge on any atom is 0.270 e. The molecule has 2 amide bonds. The number of benzene rings is 1. The first-order chi connectivity index (χ1) is 12.0. The number of aryl methyl sites for hydroxylation is 1. The van der Waals surface area contributed by atoms with Crippen LogP contribution in [0.3, 0.4) is 0 Å². The van der Waals surface area contributed by atoms with Crippen LogP contribution in [0.1, 0.15) is 29.8 Å². The largest absolute Gasteiger partial charge is 0.385 e. The van der Waals surface area contributed by atoms with Crippen LogP contribution in [0.15, 0.2) is 18.2 Å². The first-order valence-electron chi connectivity index (χ1n) is 8.40. The molecule has 0 radical (unpaired) electrons. The number of carbonyl (C=O) groups excluding carboxylic acids is 2. The second-order valence-corrected chi connectivity index (χ2v) is 6.17. The van der Waals surface area contributed by atoms with E-state index < -0.39 is 5.82 Å². The van der Waals surface area contributed by atoms with Gasteiger partial charge in [-0.1, -0.05) is 0 Å². The van der Waals surface area contributed by atoms with E-state index in [4.69, 9.17) is 4.74 Å². The van der Waals surface area contributed by atoms with Gasteiger partial charge in [0.2, 0.25) is 5.91 Å². The van der Waals surface area contributed by atoms with Crippen molar-refractivity contribution in [2.45, 2.75) is 19.3 Å². The highest BCUT2D eigenvalue weighted by Gasteiger charge is 2.31. The van der Waals surface area contributed by atoms with Gasteiger partial charge >= 0.3 is 0 Å². The van der Waals surface area contributed by atoms with E-state index in [0.29, 0.717) is 49.3 Å². The van der Waals surface area contributed by atoms with E-state index in [0.717, 1.165) is 11.9 Å². The Balaban J connectivity index is 2.05. The van der Waals surface area contributed by atoms with Crippen molar-refractivity contribution in [3.8, 4) is 0 Å². The molecule has 0 aliphatic carbocycles. The molecule has 1 aromatic carbocycles. The molecule has 1 aliphatic rings. The Bertz CT molecular complexity index is 815. The number of ether oxygens (including phenoxy) is 1. The van der Waals surface area contributed by atoms with Crippen LogP contribution < -0.4 is 10.2 Å². The molecule has 1 aliphatic heterocycles. The van der Waals surface area contributed by atoms with Gasteiger partial charge in [0.05, 0.1) is 11.2 Å². The summed E-state index contributed by atoms with van der Waals surface area (Å²) in [6.07, 6.45) is 1.87. The normalized spacial score (nSPS) is 14.5. The highest BCUT2D eigenvalue weighted by molar-refractivity contribution is 6.14. The highest BCUT2D eigenvalue weighted by Crippen LogP contribution is 2.36. The minimum absolute atomic E-state index is 0.0369. The van der Waals surface area contributed by atoms with Gasteiger partial charge in [0.25, 0.3) is 5.91 Å². The van der Waals surface area contributed by atoms with Gasteiger partial charge in [0.1, 0.15) is 11.5 Å². The van der Waals surface area contributed by atoms with Crippen LogP contribution in [0.4, 0.5) is 10.1 Å². The number of hydrogen-bond donors (Lipinski definition) is 1. The van der Waals surface area contributed by atoms with Gasteiger partial charge in [0.15, 0.2) is 0 Å². The smallest absolute Gasteiger partial charge is 0.270 e. The van der Waals surface area contributed by atoms with E-state index >= 15 is 0 Å². The molecule has 7 heteroatoms. The molecule has 1 aromatic heterocycles. The number of anilines is 1. The fourth-order valence-corrected chi connectivity index (χ4v) is 3.32. The number of hydrogen-bond acceptors (Lipinski definition) is 3. The summed E-state index contributed by atoms with van der Waals surface area (Å²) in [5.74, 6) is -0.701. The zero-order valence-corrected chi connectivity index (χ0v) is 14.5. The first kappa shape index (κ1) is 17.4. The number of nitrogens with one attached hydrogen (secondary N) is 1. The average molecular weight is 347 g/mol. The Labute approximate surface area is 145 Å². The zero-order chi connectivity index (χ0) is 18.0. The fraction of sp³-hybridized carbons (Fsp3) is 0.444. The number of aromatic nitrogens is 1. The summed E-state index contributed by atoms with van der Waals surface area (Å²) in [5, 5.41) is 3.44. The number of nitrogens with zero attached hydrogens (tertiary/aromatic N) is 2. The van der Waals surface area contributed by atoms with E-state index in [9.17, 15) is 14.0 Å². The van der Waals surface area contributed by atoms with E-state index in [1.54, 1.807) is 29.7 Å². The fourth-order valence-electron chi connectivity index (χ4n) is 3.32. The molecule has 1 fully saturated rings. The Morgan fingerprint density at radius 1 is 1.40 bits per heavy atom. The molecular weight excluding hydrogens is 325 g/mol. The summed E-state index contributed by atoms with van der Waals surface area (Å²) in [4.78, 5) is 26.6. The Kier molecular flexibility index (Phi) is 5.03. The molecule has 25 heavy (non-hydrogen) atoms. The summed E-state index contributed by atoms with van der Waals surface area (Å²) in [7, 11) is 3.37. The van der Waals surface area contributed by atoms with Crippen LogP contribution in [-0.4, -0.2) is 43.2 Å². The molecule has 6 nitrogen and oxygen atoms in total. The van der Waals surface area contributed by atoms with Crippen molar-refractivity contribution in [2.75, 3.05) is 31.7 Å². The van der Waals surface area contributed by atoms with E-state index in [1.165, 1.54) is 12.1 Å². The summed E-state index contributed by atoms with van der Waals surface area (Å²) in [6, 6.07) is 4.38. The van der Waals surface area contributed by atoms with Crippen molar-refractivity contribution < 1.29 is 18.7 Å². The predicted octanol–water partition coefficient (Wildman–Crippen LogP) is 2.21. The monoisotopic (exact) mass is 347 g/mol. The molecule has 0 atom stereocenters. The quantitative estimate of drug-likeness (QED) is 0.815. The van der Waals surface area contributed by atoms with Gasteiger partial charge in [-0.25, -0.2) is 4.39 Å². The summed E-state index contributed by atoms with van der Waals surface area (Å²) in [5.41, 5.74) is 1.61. The Morgan fingerprint density at radius 2 is 2.20 bits per heavy atom. The Morgan fingerprint density at radius 3 is 2.88 bits per heavy atom. The maximum atomic E-state index is 13.8. The number of fused-ring (bicyclic) bond motifs is 1. The minimum Gasteiger partial charge on any atom is -0.385 e. The van der Waals surface area contributed by atoms with Gasteiger partial charge in [0, 0.05) is 45.7 Å². The second kappa shape index (κ2) is 7.23. The lowest BCUT2D eigenvalue weighted by molar-refractivity contribution is -0.117. The third-order valence-electron chi connectivity index (χ3n) is 4.50. The maximum absolute atomic E-state index is 13.8. The van der Waals surface area contributed by atoms with E-state index in [2.05, 4.69) is 5.32 Å². The predicted molar refractivity (Wildman–Crippen MR) is 93.3 cm³/mol. The van der Waals surface area contributed by atoms with Crippen molar-refractivity contribution in [2.24, 2.45) is 7.05 Å². The molecule has 0 unspecified atom stereocenters. The molecule has 0 saturated carbocycles. The van der Waals surface area contributed by atoms with E-state index in [-0.39, 0.29) is 11.8 Å². The average Bonchev–Trinajstić information content (AvgIpc) is 3.12. The van der Waals surface area contributed by atoms with Crippen LogP contribution in [0.5, 0.6) is 0 Å². The molecule has 1 saturated heterocycles. The Hall–Kier alpha value is -2.41. The topological polar surface area (TPSA) is 63.6 Å². The zero-order valence-electron chi connectivity index (χ0n) is 14.5.